The number of fused-ring (bicyclic) bond motifs is 1. The third-order valence-electron chi connectivity index (χ3n) is 3.51. The van der Waals surface area contributed by atoms with E-state index in [-0.39, 0.29) is 11.5 Å². The molecule has 0 aromatic heterocycles. The van der Waals surface area contributed by atoms with Crippen LogP contribution in [0.2, 0.25) is 0 Å². The molecule has 0 saturated carbocycles. The summed E-state index contributed by atoms with van der Waals surface area (Å²) in [6.07, 6.45) is 0. The van der Waals surface area contributed by atoms with Gasteiger partial charge in [0.15, 0.2) is 0 Å². The molecule has 2 aromatic carbocycles. The van der Waals surface area contributed by atoms with Gasteiger partial charge in [0.25, 0.3) is 10.0 Å². The number of hydrogen-bond acceptors (Lipinski definition) is 4. The molecular formula is C15H16N2O3S. The molecule has 5 nitrogen and oxygen atoms in total. The molecule has 0 amide bonds. The van der Waals surface area contributed by atoms with E-state index in [1.807, 2.05) is 6.07 Å². The van der Waals surface area contributed by atoms with Crippen LogP contribution in [0.4, 0.5) is 5.69 Å². The highest BCUT2D eigenvalue weighted by Crippen LogP contribution is 2.22. The lowest BCUT2D eigenvalue weighted by molar-refractivity contribution is 0.282. The van der Waals surface area contributed by atoms with E-state index in [2.05, 4.69) is 10.0 Å². The van der Waals surface area contributed by atoms with Crippen molar-refractivity contribution in [1.82, 2.24) is 5.32 Å². The molecule has 6 heteroatoms. The van der Waals surface area contributed by atoms with Gasteiger partial charge in [-0.15, -0.1) is 0 Å². The third kappa shape index (κ3) is 2.92. The summed E-state index contributed by atoms with van der Waals surface area (Å²) < 4.78 is 27.3. The van der Waals surface area contributed by atoms with Crippen molar-refractivity contribution in [2.75, 3.05) is 4.72 Å². The van der Waals surface area contributed by atoms with Crippen LogP contribution in [0.3, 0.4) is 0 Å². The topological polar surface area (TPSA) is 78.4 Å². The second kappa shape index (κ2) is 5.48. The molecule has 1 aliphatic rings. The van der Waals surface area contributed by atoms with Gasteiger partial charge in [0.1, 0.15) is 0 Å². The van der Waals surface area contributed by atoms with E-state index in [1.165, 1.54) is 0 Å². The van der Waals surface area contributed by atoms with Crippen molar-refractivity contribution < 1.29 is 13.5 Å². The number of nitrogens with one attached hydrogen (secondary N) is 2. The summed E-state index contributed by atoms with van der Waals surface area (Å²) in [6, 6.07) is 11.8. The van der Waals surface area contributed by atoms with Crippen molar-refractivity contribution in [2.45, 2.75) is 24.6 Å². The fourth-order valence-electron chi connectivity index (χ4n) is 2.33. The summed E-state index contributed by atoms with van der Waals surface area (Å²) in [5.41, 5.74) is 3.38. The molecule has 0 radical (unpaired) electrons. The number of aliphatic hydroxyl groups excluding tert-OH is 1. The highest BCUT2D eigenvalue weighted by molar-refractivity contribution is 7.92. The Labute approximate surface area is 123 Å². The molecule has 110 valence electrons. The monoisotopic (exact) mass is 304 g/mol. The van der Waals surface area contributed by atoms with Crippen LogP contribution in [-0.4, -0.2) is 13.5 Å². The van der Waals surface area contributed by atoms with Gasteiger partial charge >= 0.3 is 0 Å². The predicted molar refractivity (Wildman–Crippen MR) is 80.2 cm³/mol. The first kappa shape index (κ1) is 14.1. The molecule has 0 spiro atoms. The average molecular weight is 304 g/mol. The van der Waals surface area contributed by atoms with E-state index in [1.54, 1.807) is 36.4 Å². The van der Waals surface area contributed by atoms with Crippen molar-refractivity contribution in [3.63, 3.8) is 0 Å². The molecule has 0 aliphatic carbocycles. The molecular weight excluding hydrogens is 288 g/mol. The molecule has 0 fully saturated rings. The first-order valence-corrected chi connectivity index (χ1v) is 8.12. The second-order valence-electron chi connectivity index (χ2n) is 4.99. The zero-order valence-corrected chi connectivity index (χ0v) is 12.2. The lowest BCUT2D eigenvalue weighted by Crippen LogP contribution is -2.13. The quantitative estimate of drug-likeness (QED) is 0.801. The van der Waals surface area contributed by atoms with Gasteiger partial charge in [0.2, 0.25) is 0 Å². The lowest BCUT2D eigenvalue weighted by Gasteiger charge is -2.09. The predicted octanol–water partition coefficient (Wildman–Crippen LogP) is 1.58. The molecule has 3 rings (SSSR count). The van der Waals surface area contributed by atoms with Crippen molar-refractivity contribution in [3.8, 4) is 0 Å². The Morgan fingerprint density at radius 2 is 1.76 bits per heavy atom. The summed E-state index contributed by atoms with van der Waals surface area (Å²) in [7, 11) is -3.59. The van der Waals surface area contributed by atoms with Crippen LogP contribution in [0.5, 0.6) is 0 Å². The summed E-state index contributed by atoms with van der Waals surface area (Å²) in [5.74, 6) is 0. The van der Waals surface area contributed by atoms with Crippen LogP contribution in [0.25, 0.3) is 0 Å². The summed E-state index contributed by atoms with van der Waals surface area (Å²) in [4.78, 5) is 0.260. The van der Waals surface area contributed by atoms with Crippen LogP contribution in [-0.2, 0) is 29.7 Å². The SMILES string of the molecule is O=S(=O)(Nc1ccc(CO)cc1)c1ccc2c(c1)CNC2. The Morgan fingerprint density at radius 3 is 2.48 bits per heavy atom. The molecule has 0 atom stereocenters. The summed E-state index contributed by atoms with van der Waals surface area (Å²) in [6.45, 7) is 1.42. The minimum Gasteiger partial charge on any atom is -0.392 e. The zero-order chi connectivity index (χ0) is 14.9. The highest BCUT2D eigenvalue weighted by atomic mass is 32.2. The fourth-order valence-corrected chi connectivity index (χ4v) is 3.44. The van der Waals surface area contributed by atoms with Crippen LogP contribution in [0, 0.1) is 0 Å². The smallest absolute Gasteiger partial charge is 0.261 e. The second-order valence-corrected chi connectivity index (χ2v) is 6.68. The molecule has 2 aromatic rings. The molecule has 0 bridgehead atoms. The number of rotatable bonds is 4. The van der Waals surface area contributed by atoms with Gasteiger partial charge in [-0.25, -0.2) is 8.42 Å². The Bertz CT molecular complexity index is 755. The molecule has 1 heterocycles. The fraction of sp³-hybridized carbons (Fsp3) is 0.200. The standard InChI is InChI=1S/C15H16N2O3S/c18-10-11-1-4-14(5-2-11)17-21(19,20)15-6-3-12-8-16-9-13(12)7-15/h1-7,16-18H,8-10H2. The van der Waals surface area contributed by atoms with Crippen LogP contribution < -0.4 is 10.0 Å². The zero-order valence-electron chi connectivity index (χ0n) is 11.3. The van der Waals surface area contributed by atoms with Gasteiger partial charge < -0.3 is 10.4 Å². The first-order valence-electron chi connectivity index (χ1n) is 6.63. The van der Waals surface area contributed by atoms with E-state index in [9.17, 15) is 8.42 Å². The molecule has 1 aliphatic heterocycles. The normalized spacial score (nSPS) is 14.0. The van der Waals surface area contributed by atoms with Gasteiger partial charge in [-0.2, -0.15) is 0 Å². The van der Waals surface area contributed by atoms with Gasteiger partial charge in [-0.1, -0.05) is 18.2 Å². The largest absolute Gasteiger partial charge is 0.392 e. The average Bonchev–Trinajstić information content (AvgIpc) is 2.95. The Balaban J connectivity index is 1.86. The van der Waals surface area contributed by atoms with Crippen molar-refractivity contribution >= 4 is 15.7 Å². The third-order valence-corrected chi connectivity index (χ3v) is 4.89. The molecule has 0 unspecified atom stereocenters. The van der Waals surface area contributed by atoms with E-state index >= 15 is 0 Å². The highest BCUT2D eigenvalue weighted by Gasteiger charge is 2.18. The van der Waals surface area contributed by atoms with Crippen LogP contribution >= 0.6 is 0 Å². The molecule has 0 saturated heterocycles. The summed E-state index contributed by atoms with van der Waals surface area (Å²) in [5, 5.41) is 12.2. The van der Waals surface area contributed by atoms with Gasteiger partial charge in [0, 0.05) is 18.8 Å². The maximum Gasteiger partial charge on any atom is 0.261 e. The van der Waals surface area contributed by atoms with Gasteiger partial charge in [-0.05, 0) is 41.0 Å². The van der Waals surface area contributed by atoms with Crippen molar-refractivity contribution in [2.24, 2.45) is 0 Å². The van der Waals surface area contributed by atoms with Crippen LogP contribution in [0.1, 0.15) is 16.7 Å². The van der Waals surface area contributed by atoms with Crippen molar-refractivity contribution in [1.29, 1.82) is 0 Å². The maximum atomic E-state index is 12.4. The Kier molecular flexibility index (Phi) is 3.67. The van der Waals surface area contributed by atoms with E-state index in [0.717, 1.165) is 23.2 Å². The molecule has 3 N–H and O–H groups in total. The van der Waals surface area contributed by atoms with Gasteiger partial charge in [-0.3, -0.25) is 4.72 Å². The number of hydrogen-bond donors (Lipinski definition) is 3. The van der Waals surface area contributed by atoms with Crippen LogP contribution in [0.15, 0.2) is 47.4 Å². The van der Waals surface area contributed by atoms with Crippen molar-refractivity contribution in [3.05, 3.63) is 59.2 Å². The summed E-state index contributed by atoms with van der Waals surface area (Å²) >= 11 is 0. The van der Waals surface area contributed by atoms with E-state index in [4.69, 9.17) is 5.11 Å². The number of anilines is 1. The number of aliphatic hydroxyl groups is 1. The molecule has 21 heavy (non-hydrogen) atoms. The number of benzene rings is 2. The first-order chi connectivity index (χ1) is 10.1. The van der Waals surface area contributed by atoms with E-state index < -0.39 is 10.0 Å². The van der Waals surface area contributed by atoms with Gasteiger partial charge in [0.05, 0.1) is 11.5 Å². The Hall–Kier alpha value is -1.89. The minimum absolute atomic E-state index is 0.0646. The Morgan fingerprint density at radius 1 is 1.05 bits per heavy atom. The number of sulfonamides is 1. The lowest BCUT2D eigenvalue weighted by atomic mass is 10.1. The van der Waals surface area contributed by atoms with E-state index in [0.29, 0.717) is 12.2 Å². The maximum absolute atomic E-state index is 12.4. The minimum atomic E-state index is -3.59.